The molecule has 3 aromatic carbocycles. The molecule has 0 saturated carbocycles. The number of nitrogens with two attached hydrogens (primary N) is 1. The van der Waals surface area contributed by atoms with Crippen molar-refractivity contribution in [3.63, 3.8) is 0 Å². The number of nitrogens with zero attached hydrogens (tertiary/aromatic N) is 3. The van der Waals surface area contributed by atoms with Gasteiger partial charge in [0.25, 0.3) is 11.8 Å². The molecule has 2 aliphatic rings. The lowest BCUT2D eigenvalue weighted by Gasteiger charge is -2.40. The van der Waals surface area contributed by atoms with Crippen molar-refractivity contribution in [2.45, 2.75) is 25.0 Å². The molecule has 2 aliphatic heterocycles. The van der Waals surface area contributed by atoms with Crippen LogP contribution in [0.4, 0.5) is 5.69 Å². The summed E-state index contributed by atoms with van der Waals surface area (Å²) in [7, 11) is 3.06. The molecule has 1 unspecified atom stereocenters. The molecule has 1 atom stereocenters. The van der Waals surface area contributed by atoms with Gasteiger partial charge in [0.2, 0.25) is 5.91 Å². The molecule has 0 bridgehead atoms. The number of hydrogen-bond acceptors (Lipinski definition) is 7. The number of anilines is 1. The Balaban J connectivity index is 1.28. The van der Waals surface area contributed by atoms with E-state index in [4.69, 9.17) is 20.2 Å². The Labute approximate surface area is 245 Å². The highest BCUT2D eigenvalue weighted by atomic mass is 16.5. The van der Waals surface area contributed by atoms with Crippen LogP contribution in [0, 0.1) is 5.92 Å². The highest BCUT2D eigenvalue weighted by molar-refractivity contribution is 6.07. The van der Waals surface area contributed by atoms with Crippen LogP contribution in [0.25, 0.3) is 0 Å². The number of hydrogen-bond donors (Lipinski definition) is 2. The number of amides is 3. The predicted molar refractivity (Wildman–Crippen MR) is 159 cm³/mol. The number of likely N-dealkylation sites (N-methyl/N-ethyl adjacent to an activating group) is 1. The van der Waals surface area contributed by atoms with Gasteiger partial charge in [0.1, 0.15) is 19.0 Å². The molecule has 1 saturated heterocycles. The van der Waals surface area contributed by atoms with Gasteiger partial charge in [0, 0.05) is 44.4 Å². The number of carbonyl (C=O) groups excluding carboxylic acids is 3. The number of ether oxygens (including phenoxy) is 2. The van der Waals surface area contributed by atoms with Crippen LogP contribution in [-0.4, -0.2) is 67.3 Å². The molecule has 0 spiro atoms. The fourth-order valence-electron chi connectivity index (χ4n) is 5.63. The minimum absolute atomic E-state index is 0.0714. The molecule has 5 rings (SSSR count). The number of likely N-dealkylation sites (tertiary alicyclic amines) is 1. The number of benzene rings is 3. The Kier molecular flexibility index (Phi) is 8.53. The zero-order valence-corrected chi connectivity index (χ0v) is 23.8. The van der Waals surface area contributed by atoms with Crippen molar-refractivity contribution in [1.82, 2.24) is 9.80 Å². The number of aliphatic imine (C=N–C) groups is 1. The van der Waals surface area contributed by atoms with Gasteiger partial charge < -0.3 is 25.4 Å². The van der Waals surface area contributed by atoms with Crippen LogP contribution in [0.5, 0.6) is 5.75 Å². The highest BCUT2D eigenvalue weighted by Gasteiger charge is 2.54. The van der Waals surface area contributed by atoms with Crippen molar-refractivity contribution < 1.29 is 23.9 Å². The second-order valence-electron chi connectivity index (χ2n) is 10.5. The number of carbonyl (C=O) groups is 3. The van der Waals surface area contributed by atoms with E-state index in [1.807, 2.05) is 41.3 Å². The Hall–Kier alpha value is -4.70. The smallest absolute Gasteiger partial charge is 0.261 e. The van der Waals surface area contributed by atoms with E-state index in [0.29, 0.717) is 55.1 Å². The van der Waals surface area contributed by atoms with Gasteiger partial charge in [-0.15, -0.1) is 0 Å². The molecule has 10 nitrogen and oxygen atoms in total. The molecule has 0 aromatic heterocycles. The van der Waals surface area contributed by atoms with Crippen molar-refractivity contribution >= 4 is 29.4 Å². The minimum Gasteiger partial charge on any atom is -0.489 e. The summed E-state index contributed by atoms with van der Waals surface area (Å²) in [6.07, 6.45) is 1.11. The first-order chi connectivity index (χ1) is 20.3. The maximum absolute atomic E-state index is 13.7. The quantitative estimate of drug-likeness (QED) is 0.407. The summed E-state index contributed by atoms with van der Waals surface area (Å²) in [4.78, 5) is 47.1. The third-order valence-electron chi connectivity index (χ3n) is 7.85. The Morgan fingerprint density at radius 3 is 2.38 bits per heavy atom. The molecular weight excluding hydrogens is 534 g/mol. The fraction of sp³-hybridized carbons (Fsp3) is 0.312. The van der Waals surface area contributed by atoms with Crippen LogP contribution in [0.2, 0.25) is 0 Å². The summed E-state index contributed by atoms with van der Waals surface area (Å²) in [5.41, 5.74) is 7.74. The first-order valence-electron chi connectivity index (χ1n) is 13.9. The minimum atomic E-state index is -1.24. The Morgan fingerprint density at radius 1 is 1.02 bits per heavy atom. The summed E-state index contributed by atoms with van der Waals surface area (Å²) in [6, 6.07) is 24.2. The summed E-state index contributed by atoms with van der Waals surface area (Å²) < 4.78 is 10.8. The molecule has 0 radical (unpaired) electrons. The molecule has 218 valence electrons. The largest absolute Gasteiger partial charge is 0.489 e. The SMILES string of the molecule is COCC(=O)Nc1cccc(C2(C3CCN(C(=O)c4ccc(OCc5ccccc5)cc4)CC3)N=C(N)N(C)C2=O)c1. The van der Waals surface area contributed by atoms with Crippen molar-refractivity contribution in [3.8, 4) is 5.75 Å². The number of guanidine groups is 1. The molecule has 0 aliphatic carbocycles. The van der Waals surface area contributed by atoms with Crippen LogP contribution in [0.15, 0.2) is 83.9 Å². The van der Waals surface area contributed by atoms with Gasteiger partial charge in [-0.3, -0.25) is 19.3 Å². The first-order valence-corrected chi connectivity index (χ1v) is 13.9. The third-order valence-corrected chi connectivity index (χ3v) is 7.85. The standard InChI is InChI=1S/C32H35N5O5/c1-36-30(40)32(35-31(36)33,25-9-6-10-26(19-25)34-28(38)21-41-2)24-15-17-37(18-16-24)29(39)23-11-13-27(14-12-23)42-20-22-7-4-3-5-8-22/h3-14,19,24H,15-18,20-21H2,1-2H3,(H2,33,35)(H,34,38). The van der Waals surface area contributed by atoms with E-state index in [1.54, 1.807) is 49.5 Å². The Morgan fingerprint density at radius 2 is 1.74 bits per heavy atom. The van der Waals surface area contributed by atoms with Gasteiger partial charge in [-0.1, -0.05) is 42.5 Å². The summed E-state index contributed by atoms with van der Waals surface area (Å²) in [5.74, 6) is 0.0346. The van der Waals surface area contributed by atoms with Crippen molar-refractivity contribution in [1.29, 1.82) is 0 Å². The van der Waals surface area contributed by atoms with Crippen LogP contribution < -0.4 is 15.8 Å². The molecule has 2 heterocycles. The molecule has 42 heavy (non-hydrogen) atoms. The summed E-state index contributed by atoms with van der Waals surface area (Å²) >= 11 is 0. The monoisotopic (exact) mass is 569 g/mol. The van der Waals surface area contributed by atoms with Crippen LogP contribution in [-0.2, 0) is 26.5 Å². The molecular formula is C32H35N5O5. The fourth-order valence-corrected chi connectivity index (χ4v) is 5.63. The average Bonchev–Trinajstić information content (AvgIpc) is 3.25. The van der Waals surface area contributed by atoms with Gasteiger partial charge in [-0.05, 0) is 60.4 Å². The molecule has 3 amide bonds. The van der Waals surface area contributed by atoms with Crippen molar-refractivity contribution in [3.05, 3.63) is 95.6 Å². The van der Waals surface area contributed by atoms with E-state index in [2.05, 4.69) is 5.32 Å². The number of piperidine rings is 1. The van der Waals surface area contributed by atoms with E-state index in [9.17, 15) is 14.4 Å². The van der Waals surface area contributed by atoms with Gasteiger partial charge in [-0.2, -0.15) is 0 Å². The van der Waals surface area contributed by atoms with Crippen LogP contribution >= 0.6 is 0 Å². The Bertz CT molecular complexity index is 1470. The summed E-state index contributed by atoms with van der Waals surface area (Å²) in [6.45, 7) is 1.30. The zero-order valence-electron chi connectivity index (χ0n) is 23.8. The molecule has 3 aromatic rings. The van der Waals surface area contributed by atoms with Gasteiger partial charge in [0.05, 0.1) is 0 Å². The topological polar surface area (TPSA) is 127 Å². The average molecular weight is 570 g/mol. The third kappa shape index (κ3) is 5.84. The predicted octanol–water partition coefficient (Wildman–Crippen LogP) is 3.38. The lowest BCUT2D eigenvalue weighted by atomic mass is 9.73. The molecule has 1 fully saturated rings. The van der Waals surface area contributed by atoms with Gasteiger partial charge in [-0.25, -0.2) is 4.99 Å². The van der Waals surface area contributed by atoms with Crippen LogP contribution in [0.3, 0.4) is 0 Å². The number of methoxy groups -OCH3 is 1. The maximum Gasteiger partial charge on any atom is 0.261 e. The second kappa shape index (κ2) is 12.4. The van der Waals surface area contributed by atoms with Crippen molar-refractivity contribution in [2.24, 2.45) is 16.6 Å². The van der Waals surface area contributed by atoms with Crippen molar-refractivity contribution in [2.75, 3.05) is 39.2 Å². The van der Waals surface area contributed by atoms with Gasteiger partial charge >= 0.3 is 0 Å². The normalized spacial score (nSPS) is 19.0. The number of nitrogens with one attached hydrogen (secondary N) is 1. The van der Waals surface area contributed by atoms with E-state index >= 15 is 0 Å². The van der Waals surface area contributed by atoms with Gasteiger partial charge in [0.15, 0.2) is 11.5 Å². The van der Waals surface area contributed by atoms with E-state index in [0.717, 1.165) is 5.56 Å². The first kappa shape index (κ1) is 28.8. The molecule has 3 N–H and O–H groups in total. The van der Waals surface area contributed by atoms with E-state index in [1.165, 1.54) is 12.0 Å². The van der Waals surface area contributed by atoms with Crippen LogP contribution in [0.1, 0.15) is 34.3 Å². The van der Waals surface area contributed by atoms with E-state index < -0.39 is 5.54 Å². The maximum atomic E-state index is 13.7. The lowest BCUT2D eigenvalue weighted by molar-refractivity contribution is -0.133. The summed E-state index contributed by atoms with van der Waals surface area (Å²) in [5, 5.41) is 2.79. The lowest BCUT2D eigenvalue weighted by Crippen LogP contribution is -2.49. The highest BCUT2D eigenvalue weighted by Crippen LogP contribution is 2.45. The number of rotatable bonds is 9. The second-order valence-corrected chi connectivity index (χ2v) is 10.5. The van der Waals surface area contributed by atoms with E-state index in [-0.39, 0.29) is 36.2 Å². The zero-order chi connectivity index (χ0) is 29.7. The molecule has 10 heteroatoms.